The summed E-state index contributed by atoms with van der Waals surface area (Å²) in [4.78, 5) is 0. The van der Waals surface area contributed by atoms with E-state index in [2.05, 4.69) is 4.74 Å². The van der Waals surface area contributed by atoms with Crippen molar-refractivity contribution in [1.29, 1.82) is 0 Å². The van der Waals surface area contributed by atoms with Crippen LogP contribution in [0.15, 0.2) is 0 Å². The minimum Gasteiger partial charge on any atom is -0.422 e. The predicted molar refractivity (Wildman–Crippen MR) is 20.1 cm³/mol. The first-order valence-corrected chi connectivity index (χ1v) is 1.51. The minimum absolute atomic E-state index is 0.366. The van der Waals surface area contributed by atoms with E-state index < -0.39 is 0 Å². The highest BCUT2D eigenvalue weighted by atomic mass is 16.6. The fourth-order valence-electron chi connectivity index (χ4n) is 0. The Hall–Kier alpha value is -0.0800. The van der Waals surface area contributed by atoms with Crippen molar-refractivity contribution in [3.8, 4) is 0 Å². The molecule has 2 N–H and O–H groups in total. The maximum Gasteiger partial charge on any atom is 0.260 e. The normalized spacial score (nSPS) is 15.0. The standard InChI is InChI=1S/C3H8O2/c1-3(4)5-2/h3-4H,1-2H3/p+1. The van der Waals surface area contributed by atoms with Crippen molar-refractivity contribution in [3.63, 3.8) is 0 Å². The first-order valence-electron chi connectivity index (χ1n) is 1.51. The van der Waals surface area contributed by atoms with Gasteiger partial charge in [0.2, 0.25) is 0 Å². The monoisotopic (exact) mass is 77.1 g/mol. The summed E-state index contributed by atoms with van der Waals surface area (Å²) in [5.74, 6) is 0. The topological polar surface area (TPSA) is 32.1 Å². The van der Waals surface area contributed by atoms with Gasteiger partial charge in [0, 0.05) is 14.0 Å². The molecule has 0 aromatic heterocycles. The third kappa shape index (κ3) is 3.92. The van der Waals surface area contributed by atoms with Gasteiger partial charge >= 0.3 is 0 Å². The van der Waals surface area contributed by atoms with Gasteiger partial charge in [-0.05, 0) is 0 Å². The molecule has 0 saturated heterocycles. The molecule has 1 unspecified atom stereocenters. The van der Waals surface area contributed by atoms with Crippen LogP contribution in [0, 0.1) is 0 Å². The molecule has 2 nitrogen and oxygen atoms in total. The van der Waals surface area contributed by atoms with Crippen LogP contribution in [0.4, 0.5) is 0 Å². The Morgan fingerprint density at radius 3 is 2.00 bits per heavy atom. The molecule has 0 amide bonds. The number of hydrogen-bond acceptors (Lipinski definition) is 1. The summed E-state index contributed by atoms with van der Waals surface area (Å²) in [5.41, 5.74) is 0. The summed E-state index contributed by atoms with van der Waals surface area (Å²) in [5, 5.41) is 6.60. The highest BCUT2D eigenvalue weighted by molar-refractivity contribution is 4.10. The second-order valence-corrected chi connectivity index (χ2v) is 0.878. The van der Waals surface area contributed by atoms with Crippen molar-refractivity contribution in [1.82, 2.24) is 0 Å². The lowest BCUT2D eigenvalue weighted by Crippen LogP contribution is -1.99. The van der Waals surface area contributed by atoms with E-state index in [1.165, 1.54) is 7.11 Å². The maximum absolute atomic E-state index is 6.60. The van der Waals surface area contributed by atoms with Crippen molar-refractivity contribution in [2.24, 2.45) is 0 Å². The Balaban J connectivity index is 2.54. The Labute approximate surface area is 31.4 Å². The molecule has 0 bridgehead atoms. The van der Waals surface area contributed by atoms with Gasteiger partial charge in [-0.25, -0.2) is 0 Å². The molecule has 0 spiro atoms. The molecular formula is C3H9O2+. The van der Waals surface area contributed by atoms with Crippen molar-refractivity contribution in [3.05, 3.63) is 0 Å². The zero-order valence-electron chi connectivity index (χ0n) is 3.49. The van der Waals surface area contributed by atoms with Crippen LogP contribution in [-0.2, 0) is 4.74 Å². The maximum atomic E-state index is 6.60. The molecule has 32 valence electrons. The SMILES string of the molecule is COC(C)[OH2+]. The highest BCUT2D eigenvalue weighted by Gasteiger charge is 1.86. The van der Waals surface area contributed by atoms with Gasteiger partial charge in [-0.1, -0.05) is 0 Å². The van der Waals surface area contributed by atoms with E-state index in [4.69, 9.17) is 5.11 Å². The van der Waals surface area contributed by atoms with Crippen molar-refractivity contribution >= 4 is 0 Å². The fraction of sp³-hybridized carbons (Fsp3) is 1.00. The van der Waals surface area contributed by atoms with Gasteiger partial charge in [-0.3, -0.25) is 0 Å². The lowest BCUT2D eigenvalue weighted by molar-refractivity contribution is -0.0583. The van der Waals surface area contributed by atoms with E-state index >= 15 is 0 Å². The van der Waals surface area contributed by atoms with Crippen molar-refractivity contribution in [2.45, 2.75) is 13.2 Å². The van der Waals surface area contributed by atoms with Crippen LogP contribution in [0.2, 0.25) is 0 Å². The number of hydrogen-bond donors (Lipinski definition) is 0. The smallest absolute Gasteiger partial charge is 0.260 e. The Bertz CT molecular complexity index is 18.9. The van der Waals surface area contributed by atoms with Crippen molar-refractivity contribution < 1.29 is 9.84 Å². The molecule has 5 heavy (non-hydrogen) atoms. The Morgan fingerprint density at radius 1 is 1.80 bits per heavy atom. The van der Waals surface area contributed by atoms with Gasteiger partial charge < -0.3 is 9.84 Å². The molecule has 0 rings (SSSR count). The summed E-state index contributed by atoms with van der Waals surface area (Å²) >= 11 is 0. The third-order valence-corrected chi connectivity index (χ3v) is 0.354. The molecule has 0 aliphatic heterocycles. The van der Waals surface area contributed by atoms with Gasteiger partial charge in [0.15, 0.2) is 0 Å². The van der Waals surface area contributed by atoms with E-state index in [9.17, 15) is 0 Å². The quantitative estimate of drug-likeness (QED) is 0.312. The predicted octanol–water partition coefficient (Wildman–Crippen LogP) is -0.297. The molecule has 0 saturated carbocycles. The second-order valence-electron chi connectivity index (χ2n) is 0.878. The van der Waals surface area contributed by atoms with Crippen LogP contribution >= 0.6 is 0 Å². The number of rotatable bonds is 1. The van der Waals surface area contributed by atoms with Gasteiger partial charge in [0.1, 0.15) is 0 Å². The largest absolute Gasteiger partial charge is 0.422 e. The molecule has 0 radical (unpaired) electrons. The molecule has 0 heterocycles. The Kier molecular flexibility index (Phi) is 2.14. The second kappa shape index (κ2) is 2.18. The summed E-state index contributed by atoms with van der Waals surface area (Å²) < 4.78 is 4.42. The van der Waals surface area contributed by atoms with Crippen LogP contribution in [-0.4, -0.2) is 18.5 Å². The lowest BCUT2D eigenvalue weighted by Gasteiger charge is -1.89. The minimum atomic E-state index is -0.366. The zero-order chi connectivity index (χ0) is 4.28. The first kappa shape index (κ1) is 4.92. The molecular weight excluding hydrogens is 68.0 g/mol. The molecule has 0 fully saturated rings. The molecule has 1 atom stereocenters. The van der Waals surface area contributed by atoms with Crippen molar-refractivity contribution in [2.75, 3.05) is 7.11 Å². The third-order valence-electron chi connectivity index (χ3n) is 0.354. The first-order chi connectivity index (χ1) is 2.27. The molecule has 0 aliphatic carbocycles. The molecule has 0 aromatic rings. The van der Waals surface area contributed by atoms with Crippen LogP contribution in [0.1, 0.15) is 6.92 Å². The van der Waals surface area contributed by atoms with E-state index in [0.717, 1.165) is 0 Å². The van der Waals surface area contributed by atoms with E-state index in [-0.39, 0.29) is 6.29 Å². The summed E-state index contributed by atoms with van der Waals surface area (Å²) in [6.45, 7) is 1.67. The van der Waals surface area contributed by atoms with E-state index in [1.807, 2.05) is 0 Å². The van der Waals surface area contributed by atoms with E-state index in [1.54, 1.807) is 6.92 Å². The molecule has 0 aliphatic rings. The van der Waals surface area contributed by atoms with Gasteiger partial charge in [0.25, 0.3) is 6.29 Å². The van der Waals surface area contributed by atoms with Crippen LogP contribution in [0.3, 0.4) is 0 Å². The average molecular weight is 77.1 g/mol. The number of methoxy groups -OCH3 is 1. The van der Waals surface area contributed by atoms with E-state index in [0.29, 0.717) is 0 Å². The van der Waals surface area contributed by atoms with Crippen LogP contribution in [0.25, 0.3) is 0 Å². The lowest BCUT2D eigenvalue weighted by atomic mass is 10.8. The van der Waals surface area contributed by atoms with Crippen LogP contribution in [0.5, 0.6) is 0 Å². The van der Waals surface area contributed by atoms with Gasteiger partial charge in [-0.15, -0.1) is 0 Å². The Morgan fingerprint density at radius 2 is 2.00 bits per heavy atom. The average Bonchev–Trinajstić information content (AvgIpc) is 1.38. The number of ether oxygens (including phenoxy) is 1. The molecule has 2 heteroatoms. The van der Waals surface area contributed by atoms with Gasteiger partial charge in [-0.2, -0.15) is 0 Å². The highest BCUT2D eigenvalue weighted by Crippen LogP contribution is 1.72. The summed E-state index contributed by atoms with van der Waals surface area (Å²) in [6, 6.07) is 0. The summed E-state index contributed by atoms with van der Waals surface area (Å²) in [7, 11) is 1.51. The van der Waals surface area contributed by atoms with Crippen LogP contribution < -0.4 is 0 Å². The fourth-order valence-corrected chi connectivity index (χ4v) is 0. The zero-order valence-corrected chi connectivity index (χ0v) is 3.49. The van der Waals surface area contributed by atoms with Gasteiger partial charge in [0.05, 0.1) is 0 Å². The molecule has 0 aromatic carbocycles. The summed E-state index contributed by atoms with van der Waals surface area (Å²) in [6.07, 6.45) is -0.366.